The predicted molar refractivity (Wildman–Crippen MR) is 105 cm³/mol. The number of carbonyl (C=O) groups excluding carboxylic acids is 1. The van der Waals surface area contributed by atoms with Gasteiger partial charge in [-0.15, -0.1) is 5.10 Å². The van der Waals surface area contributed by atoms with Gasteiger partial charge in [-0.3, -0.25) is 4.98 Å². The molecule has 0 aliphatic carbocycles. The summed E-state index contributed by atoms with van der Waals surface area (Å²) in [4.78, 5) is 18.3. The van der Waals surface area contributed by atoms with E-state index in [4.69, 9.17) is 16.3 Å². The second-order valence-electron chi connectivity index (χ2n) is 6.77. The highest BCUT2D eigenvalue weighted by atomic mass is 35.5. The van der Waals surface area contributed by atoms with Crippen LogP contribution in [-0.2, 0) is 0 Å². The van der Waals surface area contributed by atoms with Crippen LogP contribution in [0.4, 0.5) is 4.79 Å². The van der Waals surface area contributed by atoms with Gasteiger partial charge in [0.25, 0.3) is 0 Å². The number of hydrogen-bond donors (Lipinski definition) is 0. The molecule has 3 aromatic rings. The zero-order chi connectivity index (χ0) is 19.5. The van der Waals surface area contributed by atoms with Crippen LogP contribution in [-0.4, -0.2) is 44.1 Å². The lowest BCUT2D eigenvalue weighted by Crippen LogP contribution is -2.40. The van der Waals surface area contributed by atoms with Gasteiger partial charge in [0, 0.05) is 29.9 Å². The predicted octanol–water partition coefficient (Wildman–Crippen LogP) is 4.14. The van der Waals surface area contributed by atoms with Crippen molar-refractivity contribution in [1.29, 1.82) is 0 Å². The molecule has 7 nitrogen and oxygen atoms in total. The Morgan fingerprint density at radius 1 is 1.21 bits per heavy atom. The zero-order valence-corrected chi connectivity index (χ0v) is 16.2. The number of aromatic nitrogens is 4. The molecule has 1 fully saturated rings. The fourth-order valence-corrected chi connectivity index (χ4v) is 3.47. The number of amides is 1. The number of aryl methyl sites for hydroxylation is 1. The Labute approximate surface area is 167 Å². The van der Waals surface area contributed by atoms with E-state index in [2.05, 4.69) is 15.3 Å². The minimum Gasteiger partial charge on any atom is -0.408 e. The van der Waals surface area contributed by atoms with Crippen molar-refractivity contribution in [2.24, 2.45) is 0 Å². The van der Waals surface area contributed by atoms with Crippen molar-refractivity contribution in [2.45, 2.75) is 25.8 Å². The Bertz CT molecular complexity index is 982. The van der Waals surface area contributed by atoms with Crippen LogP contribution >= 0.6 is 11.6 Å². The fourth-order valence-electron chi connectivity index (χ4n) is 3.28. The topological polar surface area (TPSA) is 73.1 Å². The Balaban J connectivity index is 1.37. The number of benzene rings is 1. The SMILES string of the molecule is Cc1ncccc1OC(=O)N1CCC(n2cc(-c3cccc(Cl)c3)nn2)CC1. The van der Waals surface area contributed by atoms with E-state index in [1.165, 1.54) is 0 Å². The molecule has 1 saturated heterocycles. The van der Waals surface area contributed by atoms with Gasteiger partial charge < -0.3 is 9.64 Å². The number of likely N-dealkylation sites (tertiary alicyclic amines) is 1. The van der Waals surface area contributed by atoms with Gasteiger partial charge in [-0.2, -0.15) is 0 Å². The third-order valence-corrected chi connectivity index (χ3v) is 5.12. The summed E-state index contributed by atoms with van der Waals surface area (Å²) in [7, 11) is 0. The molecule has 0 N–H and O–H groups in total. The van der Waals surface area contributed by atoms with Gasteiger partial charge in [-0.05, 0) is 44.0 Å². The van der Waals surface area contributed by atoms with E-state index in [1.807, 2.05) is 42.1 Å². The van der Waals surface area contributed by atoms with E-state index in [9.17, 15) is 4.79 Å². The summed E-state index contributed by atoms with van der Waals surface area (Å²) in [6.45, 7) is 3.03. The lowest BCUT2D eigenvalue weighted by molar-refractivity contribution is 0.129. The molecule has 0 atom stereocenters. The van der Waals surface area contributed by atoms with Gasteiger partial charge in [0.2, 0.25) is 0 Å². The Hall–Kier alpha value is -2.93. The van der Waals surface area contributed by atoms with Crippen LogP contribution in [0.15, 0.2) is 48.8 Å². The summed E-state index contributed by atoms with van der Waals surface area (Å²) in [6.07, 6.45) is 4.85. The maximum atomic E-state index is 12.4. The van der Waals surface area contributed by atoms with Crippen molar-refractivity contribution >= 4 is 17.7 Å². The first-order valence-electron chi connectivity index (χ1n) is 9.16. The molecule has 0 saturated carbocycles. The maximum absolute atomic E-state index is 12.4. The second-order valence-corrected chi connectivity index (χ2v) is 7.20. The van der Waals surface area contributed by atoms with E-state index in [0.29, 0.717) is 29.6 Å². The highest BCUT2D eigenvalue weighted by Gasteiger charge is 2.26. The van der Waals surface area contributed by atoms with Crippen LogP contribution in [0, 0.1) is 6.92 Å². The molecule has 1 aliphatic rings. The number of ether oxygens (including phenoxy) is 1. The number of rotatable bonds is 3. The molecule has 1 aliphatic heterocycles. The van der Waals surface area contributed by atoms with Crippen LogP contribution in [0.1, 0.15) is 24.6 Å². The van der Waals surface area contributed by atoms with Crippen LogP contribution in [0.3, 0.4) is 0 Å². The van der Waals surface area contributed by atoms with Gasteiger partial charge >= 0.3 is 6.09 Å². The Kier molecular flexibility index (Phi) is 5.25. The van der Waals surface area contributed by atoms with Crippen molar-refractivity contribution in [3.63, 3.8) is 0 Å². The maximum Gasteiger partial charge on any atom is 0.415 e. The van der Waals surface area contributed by atoms with Gasteiger partial charge in [0.05, 0.1) is 17.9 Å². The second kappa shape index (κ2) is 7.98. The van der Waals surface area contributed by atoms with E-state index < -0.39 is 0 Å². The first-order valence-corrected chi connectivity index (χ1v) is 9.54. The average molecular weight is 398 g/mol. The van der Waals surface area contributed by atoms with Crippen LogP contribution < -0.4 is 4.74 Å². The van der Waals surface area contributed by atoms with Crippen molar-refractivity contribution < 1.29 is 9.53 Å². The molecule has 1 amide bonds. The number of carbonyl (C=O) groups is 1. The summed E-state index contributed by atoms with van der Waals surface area (Å²) in [5.74, 6) is 0.497. The monoisotopic (exact) mass is 397 g/mol. The molecule has 3 heterocycles. The molecular weight excluding hydrogens is 378 g/mol. The summed E-state index contributed by atoms with van der Waals surface area (Å²) in [6, 6.07) is 11.3. The molecule has 0 spiro atoms. The van der Waals surface area contributed by atoms with Crippen molar-refractivity contribution in [1.82, 2.24) is 24.9 Å². The molecule has 1 aromatic carbocycles. The molecule has 8 heteroatoms. The Morgan fingerprint density at radius 3 is 2.79 bits per heavy atom. The van der Waals surface area contributed by atoms with E-state index in [-0.39, 0.29) is 12.1 Å². The smallest absolute Gasteiger partial charge is 0.408 e. The molecule has 2 aromatic heterocycles. The zero-order valence-electron chi connectivity index (χ0n) is 15.5. The van der Waals surface area contributed by atoms with Gasteiger partial charge in [-0.25, -0.2) is 9.48 Å². The highest BCUT2D eigenvalue weighted by molar-refractivity contribution is 6.30. The lowest BCUT2D eigenvalue weighted by atomic mass is 10.1. The van der Waals surface area contributed by atoms with Gasteiger partial charge in [0.15, 0.2) is 5.75 Å². The summed E-state index contributed by atoms with van der Waals surface area (Å²) < 4.78 is 7.36. The summed E-state index contributed by atoms with van der Waals surface area (Å²) in [5, 5.41) is 9.21. The van der Waals surface area contributed by atoms with Crippen LogP contribution in [0.5, 0.6) is 5.75 Å². The number of hydrogen-bond acceptors (Lipinski definition) is 5. The number of pyridine rings is 1. The quantitative estimate of drug-likeness (QED) is 0.664. The third-order valence-electron chi connectivity index (χ3n) is 4.88. The molecular formula is C20H20ClN5O2. The first kappa shape index (κ1) is 18.4. The normalized spacial score (nSPS) is 14.9. The third kappa shape index (κ3) is 3.99. The lowest BCUT2D eigenvalue weighted by Gasteiger charge is -2.31. The van der Waals surface area contributed by atoms with Crippen molar-refractivity contribution in [3.05, 3.63) is 59.5 Å². The van der Waals surface area contributed by atoms with Crippen LogP contribution in [0.2, 0.25) is 5.02 Å². The largest absolute Gasteiger partial charge is 0.415 e. The summed E-state index contributed by atoms with van der Waals surface area (Å²) >= 11 is 6.06. The minimum atomic E-state index is -0.340. The number of piperidine rings is 1. The minimum absolute atomic E-state index is 0.199. The van der Waals surface area contributed by atoms with Gasteiger partial charge in [-0.1, -0.05) is 28.9 Å². The Morgan fingerprint density at radius 2 is 2.04 bits per heavy atom. The number of halogens is 1. The van der Waals surface area contributed by atoms with Crippen molar-refractivity contribution in [2.75, 3.05) is 13.1 Å². The van der Waals surface area contributed by atoms with Crippen LogP contribution in [0.25, 0.3) is 11.3 Å². The van der Waals surface area contributed by atoms with E-state index in [1.54, 1.807) is 23.2 Å². The van der Waals surface area contributed by atoms with E-state index in [0.717, 1.165) is 24.1 Å². The average Bonchev–Trinajstić information content (AvgIpc) is 3.20. The standard InChI is InChI=1S/C20H20ClN5O2/c1-14-19(6-3-9-22-14)28-20(27)25-10-7-17(8-11-25)26-13-18(23-24-26)15-4-2-5-16(21)12-15/h2-6,9,12-13,17H,7-8,10-11H2,1H3. The van der Waals surface area contributed by atoms with E-state index >= 15 is 0 Å². The highest BCUT2D eigenvalue weighted by Crippen LogP contribution is 2.26. The summed E-state index contributed by atoms with van der Waals surface area (Å²) in [5.41, 5.74) is 2.42. The number of nitrogens with zero attached hydrogens (tertiary/aromatic N) is 5. The van der Waals surface area contributed by atoms with Crippen molar-refractivity contribution in [3.8, 4) is 17.0 Å². The molecule has 0 unspecified atom stereocenters. The van der Waals surface area contributed by atoms with Gasteiger partial charge in [0.1, 0.15) is 5.69 Å². The molecule has 0 bridgehead atoms. The first-order chi connectivity index (χ1) is 13.6. The molecule has 4 rings (SSSR count). The molecule has 28 heavy (non-hydrogen) atoms. The molecule has 144 valence electrons. The molecule has 0 radical (unpaired) electrons. The fraction of sp³-hybridized carbons (Fsp3) is 0.300.